The van der Waals surface area contributed by atoms with E-state index in [4.69, 9.17) is 5.11 Å². The minimum Gasteiger partial charge on any atom is -0.480 e. The third-order valence-electron chi connectivity index (χ3n) is 2.22. The molecule has 0 radical (unpaired) electrons. The fraction of sp³-hybridized carbons (Fsp3) is 0.300. The highest BCUT2D eigenvalue weighted by atomic mass is 32.2. The zero-order valence-corrected chi connectivity index (χ0v) is 10.9. The van der Waals surface area contributed by atoms with Crippen molar-refractivity contribution in [2.45, 2.75) is 10.9 Å². The summed E-state index contributed by atoms with van der Waals surface area (Å²) in [4.78, 5) is 9.57. The standard InChI is InChI=1S/C10H10F3NO5S/c1-19-4-6(10(15)16)14-20(17,18)7-3-2-5(11)8(12)9(7)13/h2-3,6,14H,4H2,1H3,(H,15,16). The summed E-state index contributed by atoms with van der Waals surface area (Å²) in [5.41, 5.74) is 0. The van der Waals surface area contributed by atoms with Crippen molar-refractivity contribution in [3.8, 4) is 0 Å². The largest absolute Gasteiger partial charge is 0.480 e. The Hall–Kier alpha value is -1.65. The molecule has 0 heterocycles. The number of methoxy groups -OCH3 is 1. The molecule has 112 valence electrons. The first kappa shape index (κ1) is 16.4. The third kappa shape index (κ3) is 3.46. The van der Waals surface area contributed by atoms with E-state index in [-0.39, 0.29) is 0 Å². The summed E-state index contributed by atoms with van der Waals surface area (Å²) in [6.07, 6.45) is 0. The van der Waals surface area contributed by atoms with E-state index in [9.17, 15) is 26.4 Å². The quantitative estimate of drug-likeness (QED) is 0.745. The molecule has 1 aromatic carbocycles. The molecule has 1 aromatic rings. The Bertz CT molecular complexity index is 620. The van der Waals surface area contributed by atoms with Gasteiger partial charge in [-0.1, -0.05) is 0 Å². The van der Waals surface area contributed by atoms with Crippen LogP contribution in [0.4, 0.5) is 13.2 Å². The molecule has 0 aliphatic carbocycles. The number of carboxylic acid groups (broad SMARTS) is 1. The zero-order valence-electron chi connectivity index (χ0n) is 10.1. The third-order valence-corrected chi connectivity index (χ3v) is 3.71. The van der Waals surface area contributed by atoms with Crippen LogP contribution in [0, 0.1) is 17.5 Å². The van der Waals surface area contributed by atoms with Crippen LogP contribution in [0.25, 0.3) is 0 Å². The Morgan fingerprint density at radius 1 is 1.35 bits per heavy atom. The van der Waals surface area contributed by atoms with Crippen molar-refractivity contribution in [3.05, 3.63) is 29.6 Å². The lowest BCUT2D eigenvalue weighted by atomic mass is 10.3. The Labute approximate surface area is 112 Å². The first-order chi connectivity index (χ1) is 9.20. The minimum atomic E-state index is -4.69. The van der Waals surface area contributed by atoms with Gasteiger partial charge in [-0.25, -0.2) is 21.6 Å². The van der Waals surface area contributed by atoms with Gasteiger partial charge in [0.15, 0.2) is 17.5 Å². The maximum absolute atomic E-state index is 13.4. The summed E-state index contributed by atoms with van der Waals surface area (Å²) >= 11 is 0. The molecule has 0 aliphatic heterocycles. The minimum absolute atomic E-state index is 0.416. The van der Waals surface area contributed by atoms with E-state index in [0.29, 0.717) is 12.1 Å². The number of hydrogen-bond acceptors (Lipinski definition) is 4. The van der Waals surface area contributed by atoms with Crippen molar-refractivity contribution in [2.24, 2.45) is 0 Å². The maximum atomic E-state index is 13.4. The van der Waals surface area contributed by atoms with Gasteiger partial charge in [0, 0.05) is 7.11 Å². The molecule has 0 fully saturated rings. The molecule has 1 unspecified atom stereocenters. The Morgan fingerprint density at radius 2 is 1.95 bits per heavy atom. The van der Waals surface area contributed by atoms with Crippen LogP contribution in [0.3, 0.4) is 0 Å². The lowest BCUT2D eigenvalue weighted by Gasteiger charge is -2.14. The smallest absolute Gasteiger partial charge is 0.324 e. The Morgan fingerprint density at radius 3 is 2.45 bits per heavy atom. The summed E-state index contributed by atoms with van der Waals surface area (Å²) in [6.45, 7) is -0.528. The van der Waals surface area contributed by atoms with Gasteiger partial charge in [-0.3, -0.25) is 4.79 Å². The highest BCUT2D eigenvalue weighted by molar-refractivity contribution is 7.89. The molecule has 20 heavy (non-hydrogen) atoms. The summed E-state index contributed by atoms with van der Waals surface area (Å²) in [5.74, 6) is -7.03. The second-order valence-electron chi connectivity index (χ2n) is 3.64. The second kappa shape index (κ2) is 6.20. The van der Waals surface area contributed by atoms with Gasteiger partial charge < -0.3 is 9.84 Å². The molecule has 1 rings (SSSR count). The topological polar surface area (TPSA) is 92.7 Å². The molecule has 0 saturated heterocycles. The van der Waals surface area contributed by atoms with Crippen molar-refractivity contribution in [3.63, 3.8) is 0 Å². The highest BCUT2D eigenvalue weighted by Gasteiger charge is 2.29. The van der Waals surface area contributed by atoms with Crippen molar-refractivity contribution >= 4 is 16.0 Å². The molecule has 0 saturated carbocycles. The molecule has 0 aromatic heterocycles. The Balaban J connectivity index is 3.17. The Kier molecular flexibility index (Phi) is 5.09. The average Bonchev–Trinajstić information content (AvgIpc) is 2.34. The van der Waals surface area contributed by atoms with Gasteiger partial charge >= 0.3 is 5.97 Å². The van der Waals surface area contributed by atoms with E-state index in [0.717, 1.165) is 7.11 Å². The van der Waals surface area contributed by atoms with E-state index in [2.05, 4.69) is 4.74 Å². The number of benzene rings is 1. The van der Waals surface area contributed by atoms with Crippen LogP contribution in [0.2, 0.25) is 0 Å². The van der Waals surface area contributed by atoms with Crippen LogP contribution in [0.1, 0.15) is 0 Å². The summed E-state index contributed by atoms with van der Waals surface area (Å²) in [5, 5.41) is 8.75. The van der Waals surface area contributed by atoms with Crippen molar-refractivity contribution in [2.75, 3.05) is 13.7 Å². The second-order valence-corrected chi connectivity index (χ2v) is 5.32. The number of halogens is 3. The normalized spacial score (nSPS) is 13.2. The summed E-state index contributed by atoms with van der Waals surface area (Å²) in [6, 6.07) is -0.793. The van der Waals surface area contributed by atoms with Crippen molar-refractivity contribution in [1.29, 1.82) is 0 Å². The average molecular weight is 313 g/mol. The van der Waals surface area contributed by atoms with Crippen molar-refractivity contribution < 1.29 is 36.2 Å². The van der Waals surface area contributed by atoms with Gasteiger partial charge in [0.1, 0.15) is 10.9 Å². The van der Waals surface area contributed by atoms with Crippen LogP contribution in [-0.2, 0) is 19.6 Å². The SMILES string of the molecule is COCC(NS(=O)(=O)c1ccc(F)c(F)c1F)C(=O)O. The van der Waals surface area contributed by atoms with Crippen LogP contribution in [0.5, 0.6) is 0 Å². The number of carbonyl (C=O) groups is 1. The number of ether oxygens (including phenoxy) is 1. The molecular formula is C10H10F3NO5S. The molecule has 0 bridgehead atoms. The first-order valence-electron chi connectivity index (χ1n) is 5.08. The van der Waals surface area contributed by atoms with E-state index in [1.165, 1.54) is 0 Å². The number of nitrogens with one attached hydrogen (secondary N) is 1. The van der Waals surface area contributed by atoms with Gasteiger partial charge in [0.05, 0.1) is 6.61 Å². The first-order valence-corrected chi connectivity index (χ1v) is 6.56. The van der Waals surface area contributed by atoms with Crippen LogP contribution < -0.4 is 4.72 Å². The number of sulfonamides is 1. The molecule has 6 nitrogen and oxygen atoms in total. The zero-order chi connectivity index (χ0) is 15.5. The van der Waals surface area contributed by atoms with Gasteiger partial charge in [-0.05, 0) is 12.1 Å². The molecule has 0 aliphatic rings. The summed E-state index contributed by atoms with van der Waals surface area (Å²) < 4.78 is 68.7. The number of hydrogen-bond donors (Lipinski definition) is 2. The van der Waals surface area contributed by atoms with Crippen molar-refractivity contribution in [1.82, 2.24) is 4.72 Å². The number of aliphatic carboxylic acids is 1. The molecular weight excluding hydrogens is 303 g/mol. The predicted molar refractivity (Wildman–Crippen MR) is 59.9 cm³/mol. The number of carboxylic acids is 1. The van der Waals surface area contributed by atoms with E-state index < -0.39 is 51.0 Å². The lowest BCUT2D eigenvalue weighted by Crippen LogP contribution is -2.44. The number of rotatable bonds is 6. The fourth-order valence-corrected chi connectivity index (χ4v) is 2.53. The molecule has 10 heteroatoms. The monoisotopic (exact) mass is 313 g/mol. The fourth-order valence-electron chi connectivity index (χ4n) is 1.29. The predicted octanol–water partition coefficient (Wildman–Crippen LogP) is 0.482. The van der Waals surface area contributed by atoms with Crippen LogP contribution >= 0.6 is 0 Å². The van der Waals surface area contributed by atoms with Gasteiger partial charge in [0.2, 0.25) is 10.0 Å². The van der Waals surface area contributed by atoms with Crippen LogP contribution in [-0.4, -0.2) is 39.3 Å². The molecule has 2 N–H and O–H groups in total. The van der Waals surface area contributed by atoms with Crippen LogP contribution in [0.15, 0.2) is 17.0 Å². The van der Waals surface area contributed by atoms with E-state index >= 15 is 0 Å². The maximum Gasteiger partial charge on any atom is 0.324 e. The molecule has 0 spiro atoms. The lowest BCUT2D eigenvalue weighted by molar-refractivity contribution is -0.140. The van der Waals surface area contributed by atoms with E-state index in [1.807, 2.05) is 0 Å². The molecule has 0 amide bonds. The highest BCUT2D eigenvalue weighted by Crippen LogP contribution is 2.19. The van der Waals surface area contributed by atoms with Gasteiger partial charge in [0.25, 0.3) is 0 Å². The van der Waals surface area contributed by atoms with Gasteiger partial charge in [-0.2, -0.15) is 4.72 Å². The molecule has 1 atom stereocenters. The van der Waals surface area contributed by atoms with E-state index in [1.54, 1.807) is 4.72 Å². The van der Waals surface area contributed by atoms with Gasteiger partial charge in [-0.15, -0.1) is 0 Å². The summed E-state index contributed by atoms with van der Waals surface area (Å²) in [7, 11) is -3.56.